The maximum atomic E-state index is 15.6. The summed E-state index contributed by atoms with van der Waals surface area (Å²) in [5.74, 6) is -0.932. The molecule has 6 rings (SSSR count). The van der Waals surface area contributed by atoms with Gasteiger partial charge in [-0.25, -0.2) is 8.78 Å². The second-order valence-electron chi connectivity index (χ2n) is 8.48. The summed E-state index contributed by atoms with van der Waals surface area (Å²) >= 11 is 0. The van der Waals surface area contributed by atoms with E-state index in [9.17, 15) is 4.39 Å². The van der Waals surface area contributed by atoms with E-state index in [1.807, 2.05) is 23.9 Å². The van der Waals surface area contributed by atoms with Gasteiger partial charge in [-0.1, -0.05) is 6.92 Å². The molecule has 0 saturated heterocycles. The molecule has 0 atom stereocenters. The minimum atomic E-state index is -0.665. The van der Waals surface area contributed by atoms with Crippen molar-refractivity contribution in [3.05, 3.63) is 71.6 Å². The second kappa shape index (κ2) is 7.68. The van der Waals surface area contributed by atoms with Gasteiger partial charge in [0.15, 0.2) is 11.5 Å². The van der Waals surface area contributed by atoms with Crippen LogP contribution in [0.25, 0.3) is 27.7 Å². The van der Waals surface area contributed by atoms with Crippen molar-refractivity contribution in [3.8, 4) is 11.1 Å². The molecule has 0 bridgehead atoms. The lowest BCUT2D eigenvalue weighted by molar-refractivity contribution is 0.289. The van der Waals surface area contributed by atoms with Gasteiger partial charge in [0.05, 0.1) is 23.4 Å². The zero-order valence-corrected chi connectivity index (χ0v) is 18.0. The Kier molecular flexibility index (Phi) is 4.63. The minimum absolute atomic E-state index is 0.0707. The Hall–Kier alpha value is -3.75. The molecule has 1 aliphatic rings. The van der Waals surface area contributed by atoms with Gasteiger partial charge < -0.3 is 0 Å². The predicted molar refractivity (Wildman–Crippen MR) is 119 cm³/mol. The molecule has 0 amide bonds. The van der Waals surface area contributed by atoms with E-state index in [-0.39, 0.29) is 22.9 Å². The fourth-order valence-corrected chi connectivity index (χ4v) is 4.23. The fraction of sp³-hybridized carbons (Fsp3) is 0.292. The van der Waals surface area contributed by atoms with E-state index >= 15 is 4.39 Å². The first-order valence-corrected chi connectivity index (χ1v) is 11.1. The Morgan fingerprint density at radius 1 is 1.06 bits per heavy atom. The molecule has 0 unspecified atom stereocenters. The lowest BCUT2D eigenvalue weighted by atomic mass is 9.93. The molecular formula is C24H21F2N7. The molecule has 33 heavy (non-hydrogen) atoms. The number of hydrogen-bond acceptors (Lipinski definition) is 5. The number of pyridine rings is 1. The quantitative estimate of drug-likeness (QED) is 0.392. The Balaban J connectivity index is 1.40. The molecule has 4 heterocycles. The van der Waals surface area contributed by atoms with Gasteiger partial charge in [-0.15, -0.1) is 10.2 Å². The van der Waals surface area contributed by atoms with E-state index in [1.54, 1.807) is 29.0 Å². The lowest BCUT2D eigenvalue weighted by Gasteiger charge is -2.25. The zero-order valence-electron chi connectivity index (χ0n) is 18.0. The Morgan fingerprint density at radius 2 is 1.94 bits per heavy atom. The van der Waals surface area contributed by atoms with Crippen LogP contribution < -0.4 is 0 Å². The zero-order chi connectivity index (χ0) is 22.5. The summed E-state index contributed by atoms with van der Waals surface area (Å²) in [6.45, 7) is 1.99. The maximum absolute atomic E-state index is 15.6. The first-order chi connectivity index (χ1) is 16.1. The van der Waals surface area contributed by atoms with Crippen molar-refractivity contribution in [2.24, 2.45) is 0 Å². The highest BCUT2D eigenvalue weighted by molar-refractivity contribution is 5.84. The highest BCUT2D eigenvalue weighted by Gasteiger charge is 2.21. The molecule has 1 saturated carbocycles. The van der Waals surface area contributed by atoms with Gasteiger partial charge in [0.2, 0.25) is 0 Å². The average molecular weight is 445 g/mol. The smallest absolute Gasteiger partial charge is 0.177 e. The molecule has 0 spiro atoms. The summed E-state index contributed by atoms with van der Waals surface area (Å²) in [7, 11) is 0. The highest BCUT2D eigenvalue weighted by Crippen LogP contribution is 2.33. The number of hydrogen-bond donors (Lipinski definition) is 0. The van der Waals surface area contributed by atoms with E-state index in [0.29, 0.717) is 17.5 Å². The molecule has 1 aromatic carbocycles. The Bertz CT molecular complexity index is 1500. The van der Waals surface area contributed by atoms with Crippen LogP contribution >= 0.6 is 0 Å². The van der Waals surface area contributed by atoms with Gasteiger partial charge in [0.1, 0.15) is 11.6 Å². The third-order valence-electron chi connectivity index (χ3n) is 6.44. The van der Waals surface area contributed by atoms with Crippen molar-refractivity contribution in [1.82, 2.24) is 34.6 Å². The van der Waals surface area contributed by atoms with Crippen molar-refractivity contribution in [3.63, 3.8) is 0 Å². The van der Waals surface area contributed by atoms with Crippen molar-refractivity contribution < 1.29 is 8.78 Å². The number of benzene rings is 1. The van der Waals surface area contributed by atoms with Crippen molar-refractivity contribution in [2.45, 2.75) is 45.1 Å². The van der Waals surface area contributed by atoms with Gasteiger partial charge in [-0.3, -0.25) is 9.67 Å². The topological polar surface area (TPSA) is 73.8 Å². The normalized spacial score (nSPS) is 14.3. The molecule has 1 aliphatic carbocycles. The van der Waals surface area contributed by atoms with Crippen LogP contribution in [0.2, 0.25) is 0 Å². The molecule has 0 N–H and O–H groups in total. The van der Waals surface area contributed by atoms with Gasteiger partial charge in [-0.2, -0.15) is 14.7 Å². The summed E-state index contributed by atoms with van der Waals surface area (Å²) < 4.78 is 34.0. The summed E-state index contributed by atoms with van der Waals surface area (Å²) in [5, 5.41) is 17.4. The number of halogens is 2. The average Bonchev–Trinajstić information content (AvgIpc) is 3.42. The number of nitrogens with zero attached hydrogens (tertiary/aromatic N) is 7. The van der Waals surface area contributed by atoms with E-state index in [2.05, 4.69) is 25.4 Å². The van der Waals surface area contributed by atoms with Crippen LogP contribution in [-0.4, -0.2) is 34.6 Å². The maximum Gasteiger partial charge on any atom is 0.177 e. The van der Waals surface area contributed by atoms with Crippen LogP contribution in [0.15, 0.2) is 42.9 Å². The summed E-state index contributed by atoms with van der Waals surface area (Å²) in [4.78, 5) is 4.32. The van der Waals surface area contributed by atoms with Crippen molar-refractivity contribution >= 4 is 16.6 Å². The Morgan fingerprint density at radius 3 is 2.73 bits per heavy atom. The summed E-state index contributed by atoms with van der Waals surface area (Å²) in [6.07, 6.45) is 9.49. The SMILES string of the molecule is CCc1ccc2nnc(Cc3c(F)cc4ncc(-c5cnn(C6CCC6)c5)cc4c3F)n2n1. The third-order valence-corrected chi connectivity index (χ3v) is 6.44. The van der Waals surface area contributed by atoms with E-state index in [1.165, 1.54) is 12.5 Å². The third kappa shape index (κ3) is 3.35. The van der Waals surface area contributed by atoms with Gasteiger partial charge in [0, 0.05) is 47.0 Å². The number of aromatic nitrogens is 7. The lowest BCUT2D eigenvalue weighted by Crippen LogP contribution is -2.16. The second-order valence-corrected chi connectivity index (χ2v) is 8.48. The summed E-state index contributed by atoms with van der Waals surface area (Å²) in [6, 6.07) is 7.08. The van der Waals surface area contributed by atoms with Crippen LogP contribution in [0, 0.1) is 11.6 Å². The van der Waals surface area contributed by atoms with Gasteiger partial charge in [0.25, 0.3) is 0 Å². The minimum Gasteiger partial charge on any atom is -0.269 e. The highest BCUT2D eigenvalue weighted by atomic mass is 19.1. The van der Waals surface area contributed by atoms with E-state index < -0.39 is 11.6 Å². The molecule has 0 radical (unpaired) electrons. The van der Waals surface area contributed by atoms with Crippen LogP contribution in [0.4, 0.5) is 8.78 Å². The molecule has 166 valence electrons. The van der Waals surface area contributed by atoms with E-state index in [0.717, 1.165) is 36.1 Å². The number of rotatable bonds is 5. The Labute approximate surface area is 188 Å². The molecular weight excluding hydrogens is 424 g/mol. The number of aryl methyl sites for hydroxylation is 1. The number of fused-ring (bicyclic) bond motifs is 2. The molecule has 5 aromatic rings. The van der Waals surface area contributed by atoms with Crippen LogP contribution in [-0.2, 0) is 12.8 Å². The van der Waals surface area contributed by atoms with Gasteiger partial charge >= 0.3 is 0 Å². The van der Waals surface area contributed by atoms with Crippen molar-refractivity contribution in [1.29, 1.82) is 0 Å². The molecule has 9 heteroatoms. The van der Waals surface area contributed by atoms with Crippen LogP contribution in [0.5, 0.6) is 0 Å². The largest absolute Gasteiger partial charge is 0.269 e. The molecule has 4 aromatic heterocycles. The molecule has 7 nitrogen and oxygen atoms in total. The first-order valence-electron chi connectivity index (χ1n) is 11.1. The molecule has 1 fully saturated rings. The van der Waals surface area contributed by atoms with Gasteiger partial charge in [-0.05, 0) is 43.9 Å². The summed E-state index contributed by atoms with van der Waals surface area (Å²) in [5.41, 5.74) is 3.18. The van der Waals surface area contributed by atoms with E-state index in [4.69, 9.17) is 0 Å². The molecule has 0 aliphatic heterocycles. The fourth-order valence-electron chi connectivity index (χ4n) is 4.23. The monoisotopic (exact) mass is 445 g/mol. The first kappa shape index (κ1) is 19.9. The van der Waals surface area contributed by atoms with Crippen LogP contribution in [0.3, 0.4) is 0 Å². The van der Waals surface area contributed by atoms with Crippen LogP contribution in [0.1, 0.15) is 49.3 Å². The van der Waals surface area contributed by atoms with Crippen molar-refractivity contribution in [2.75, 3.05) is 0 Å². The standard InChI is InChI=1S/C24H21F2N7/c1-2-16-6-7-22-29-30-23(33(22)31-16)9-18-20(25)10-21-19(24(18)26)8-14(11-27-21)15-12-28-32(13-15)17-4-3-5-17/h6-8,10-13,17H,2-5,9H2,1H3. The predicted octanol–water partition coefficient (Wildman–Crippen LogP) is 4.69.